The number of aliphatic hydroxyl groups excluding tert-OH is 1. The van der Waals surface area contributed by atoms with Gasteiger partial charge in [-0.25, -0.2) is 14.4 Å². The summed E-state index contributed by atoms with van der Waals surface area (Å²) in [6.07, 6.45) is -4.61. The molecule has 0 radical (unpaired) electrons. The lowest BCUT2D eigenvalue weighted by Crippen LogP contribution is -2.54. The number of carboxylic acid groups (broad SMARTS) is 4. The van der Waals surface area contributed by atoms with E-state index in [0.717, 1.165) is 0 Å². The van der Waals surface area contributed by atoms with Crippen LogP contribution in [0.2, 0.25) is 0 Å². The maximum Gasteiger partial charge on any atom is 0.349 e. The third-order valence-corrected chi connectivity index (χ3v) is 5.55. The van der Waals surface area contributed by atoms with Crippen LogP contribution in [-0.2, 0) is 38.2 Å². The molecule has 13 heteroatoms. The van der Waals surface area contributed by atoms with E-state index < -0.39 is 89.6 Å². The Kier molecular flexibility index (Phi) is 10.7. The van der Waals surface area contributed by atoms with Crippen LogP contribution in [0.1, 0.15) is 54.4 Å². The Morgan fingerprint density at radius 3 is 1.21 bits per heavy atom. The molecule has 0 saturated carbocycles. The fraction of sp³-hybridized carbons (Fsp3) is 0.714. The predicted molar refractivity (Wildman–Crippen MR) is 111 cm³/mol. The van der Waals surface area contributed by atoms with Crippen molar-refractivity contribution in [3.63, 3.8) is 0 Å². The second-order valence-corrected chi connectivity index (χ2v) is 8.90. The number of carbonyl (C=O) groups is 6. The van der Waals surface area contributed by atoms with E-state index in [2.05, 4.69) is 0 Å². The van der Waals surface area contributed by atoms with Crippen LogP contribution in [-0.4, -0.2) is 78.7 Å². The Balaban J connectivity index is 6.21. The minimum atomic E-state index is -2.57. The standard InChI is InChI=1S/C21H32O13/c1-9(2)14(16(27)33-20(10(3)4,18(29)30)7-12(22)23)15(26)17(28)34-21(11(5)6,19(31)32)8-13(24)25/h9-11,14-15,26H,7-8H2,1-6H3,(H,22,23)(H,24,25)(H,29,30)(H,31,32). The largest absolute Gasteiger partial charge is 0.481 e. The fourth-order valence-corrected chi connectivity index (χ4v) is 3.30. The number of aliphatic hydroxyl groups is 1. The molecular weight excluding hydrogens is 460 g/mol. The number of hydrogen-bond donors (Lipinski definition) is 5. The quantitative estimate of drug-likeness (QED) is 0.210. The molecule has 0 aromatic carbocycles. The van der Waals surface area contributed by atoms with Gasteiger partial charge >= 0.3 is 35.8 Å². The second kappa shape index (κ2) is 11.8. The van der Waals surface area contributed by atoms with Gasteiger partial charge in [0.25, 0.3) is 0 Å². The number of carbonyl (C=O) groups excluding carboxylic acids is 2. The van der Waals surface area contributed by atoms with E-state index in [9.17, 15) is 44.1 Å². The number of esters is 2. The van der Waals surface area contributed by atoms with Crippen LogP contribution in [0.3, 0.4) is 0 Å². The topological polar surface area (TPSA) is 222 Å². The summed E-state index contributed by atoms with van der Waals surface area (Å²) in [6, 6.07) is 0. The second-order valence-electron chi connectivity index (χ2n) is 8.90. The van der Waals surface area contributed by atoms with Crippen molar-refractivity contribution in [2.45, 2.75) is 71.7 Å². The number of rotatable bonds is 14. The van der Waals surface area contributed by atoms with Crippen LogP contribution >= 0.6 is 0 Å². The third-order valence-electron chi connectivity index (χ3n) is 5.55. The molecule has 0 bridgehead atoms. The monoisotopic (exact) mass is 492 g/mol. The van der Waals surface area contributed by atoms with E-state index in [4.69, 9.17) is 19.7 Å². The van der Waals surface area contributed by atoms with E-state index >= 15 is 0 Å². The van der Waals surface area contributed by atoms with Gasteiger partial charge in [0.2, 0.25) is 11.2 Å². The maximum absolute atomic E-state index is 12.9. The van der Waals surface area contributed by atoms with Gasteiger partial charge in [-0.1, -0.05) is 41.5 Å². The van der Waals surface area contributed by atoms with Crippen LogP contribution in [0, 0.1) is 23.7 Å². The molecule has 0 aliphatic carbocycles. The van der Waals surface area contributed by atoms with Gasteiger partial charge in [-0.2, -0.15) is 0 Å². The van der Waals surface area contributed by atoms with Gasteiger partial charge in [0.1, 0.15) is 0 Å². The SMILES string of the molecule is CC(C)C(C(=O)OC(CC(=O)O)(C(=O)O)C(C)C)C(O)C(=O)OC(CC(=O)O)(C(=O)O)C(C)C. The number of ether oxygens (including phenoxy) is 2. The summed E-state index contributed by atoms with van der Waals surface area (Å²) in [7, 11) is 0. The maximum atomic E-state index is 12.9. The molecule has 0 amide bonds. The van der Waals surface area contributed by atoms with E-state index in [1.54, 1.807) is 0 Å². The highest BCUT2D eigenvalue weighted by Gasteiger charge is 2.53. The first-order valence-corrected chi connectivity index (χ1v) is 10.4. The predicted octanol–water partition coefficient (Wildman–Crippen LogP) is 0.614. The summed E-state index contributed by atoms with van der Waals surface area (Å²) in [5.74, 6) is -14.6. The highest BCUT2D eigenvalue weighted by molar-refractivity contribution is 5.91. The molecule has 0 aliphatic rings. The van der Waals surface area contributed by atoms with Gasteiger partial charge in [-0.3, -0.25) is 14.4 Å². The lowest BCUT2D eigenvalue weighted by Gasteiger charge is -2.36. The Labute approximate surface area is 195 Å². The third kappa shape index (κ3) is 6.89. The van der Waals surface area contributed by atoms with Gasteiger partial charge < -0.3 is 35.0 Å². The van der Waals surface area contributed by atoms with Gasteiger partial charge in [-0.15, -0.1) is 0 Å². The number of aliphatic carboxylic acids is 4. The average Bonchev–Trinajstić information content (AvgIpc) is 2.64. The van der Waals surface area contributed by atoms with Crippen LogP contribution < -0.4 is 0 Å². The first-order chi connectivity index (χ1) is 15.4. The summed E-state index contributed by atoms with van der Waals surface area (Å²) < 4.78 is 9.98. The Morgan fingerprint density at radius 2 is 0.971 bits per heavy atom. The molecule has 4 atom stereocenters. The molecule has 0 spiro atoms. The van der Waals surface area contributed by atoms with Gasteiger partial charge in [0.05, 0.1) is 18.8 Å². The van der Waals surface area contributed by atoms with E-state index in [1.807, 2.05) is 0 Å². The van der Waals surface area contributed by atoms with Crippen molar-refractivity contribution in [3.05, 3.63) is 0 Å². The molecule has 0 fully saturated rings. The fourth-order valence-electron chi connectivity index (χ4n) is 3.30. The molecule has 4 unspecified atom stereocenters. The molecule has 5 N–H and O–H groups in total. The molecule has 0 saturated heterocycles. The zero-order valence-electron chi connectivity index (χ0n) is 19.8. The lowest BCUT2D eigenvalue weighted by atomic mass is 9.84. The first kappa shape index (κ1) is 30.8. The van der Waals surface area contributed by atoms with E-state index in [-0.39, 0.29) is 0 Å². The summed E-state index contributed by atoms with van der Waals surface area (Å²) in [5, 5.41) is 47.9. The Morgan fingerprint density at radius 1 is 0.647 bits per heavy atom. The average molecular weight is 492 g/mol. The van der Waals surface area contributed by atoms with Gasteiger partial charge in [-0.05, 0) is 5.92 Å². The molecule has 0 heterocycles. The Hall–Kier alpha value is -3.22. The van der Waals surface area contributed by atoms with Crippen molar-refractivity contribution >= 4 is 35.8 Å². The van der Waals surface area contributed by atoms with Crippen molar-refractivity contribution in [2.24, 2.45) is 23.7 Å². The molecule has 0 aromatic rings. The first-order valence-electron chi connectivity index (χ1n) is 10.4. The summed E-state index contributed by atoms with van der Waals surface area (Å²) >= 11 is 0. The number of hydrogen-bond acceptors (Lipinski definition) is 9. The van der Waals surface area contributed by atoms with Crippen LogP contribution in [0.5, 0.6) is 0 Å². The van der Waals surface area contributed by atoms with Crippen molar-refractivity contribution in [3.8, 4) is 0 Å². The van der Waals surface area contributed by atoms with Crippen LogP contribution in [0.25, 0.3) is 0 Å². The van der Waals surface area contributed by atoms with Crippen molar-refractivity contribution < 1.29 is 63.8 Å². The zero-order valence-corrected chi connectivity index (χ0v) is 19.8. The highest BCUT2D eigenvalue weighted by Crippen LogP contribution is 2.32. The summed E-state index contributed by atoms with van der Waals surface area (Å²) in [4.78, 5) is 71.7. The van der Waals surface area contributed by atoms with Crippen LogP contribution in [0.4, 0.5) is 0 Å². The molecule has 0 aliphatic heterocycles. The summed E-state index contributed by atoms with van der Waals surface area (Å²) in [5.41, 5.74) is -5.09. The highest BCUT2D eigenvalue weighted by atomic mass is 16.6. The van der Waals surface area contributed by atoms with E-state index in [0.29, 0.717) is 0 Å². The number of carboxylic acids is 4. The minimum absolute atomic E-state index is 0.892. The Bertz CT molecular complexity index is 815. The molecular formula is C21H32O13. The van der Waals surface area contributed by atoms with Gasteiger partial charge in [0.15, 0.2) is 6.10 Å². The zero-order chi connectivity index (χ0) is 27.2. The smallest absolute Gasteiger partial charge is 0.349 e. The molecule has 0 rings (SSSR count). The normalized spacial score (nSPS) is 16.8. The molecule has 13 nitrogen and oxygen atoms in total. The van der Waals surface area contributed by atoms with Gasteiger partial charge in [0, 0.05) is 11.8 Å². The van der Waals surface area contributed by atoms with Crippen molar-refractivity contribution in [2.75, 3.05) is 0 Å². The molecule has 194 valence electrons. The lowest BCUT2D eigenvalue weighted by molar-refractivity contribution is -0.203. The van der Waals surface area contributed by atoms with Crippen molar-refractivity contribution in [1.82, 2.24) is 0 Å². The van der Waals surface area contributed by atoms with E-state index in [1.165, 1.54) is 41.5 Å². The summed E-state index contributed by atoms with van der Waals surface area (Å²) in [6.45, 7) is 7.88. The van der Waals surface area contributed by atoms with Crippen molar-refractivity contribution in [1.29, 1.82) is 0 Å². The molecule has 0 aromatic heterocycles. The minimum Gasteiger partial charge on any atom is -0.481 e. The van der Waals surface area contributed by atoms with Crippen LogP contribution in [0.15, 0.2) is 0 Å². The molecule has 34 heavy (non-hydrogen) atoms.